The van der Waals surface area contributed by atoms with Crippen LogP contribution < -0.4 is 5.73 Å². The molecule has 0 amide bonds. The van der Waals surface area contributed by atoms with Gasteiger partial charge in [0.15, 0.2) is 0 Å². The van der Waals surface area contributed by atoms with Crippen LogP contribution in [-0.4, -0.2) is 28.0 Å². The maximum absolute atomic E-state index is 6.59. The SMILES string of the molecule is CC(C)n1ccc(CC2(N)CCOC2C2CC2)n1. The Kier molecular flexibility index (Phi) is 2.94. The van der Waals surface area contributed by atoms with Gasteiger partial charge in [-0.3, -0.25) is 4.68 Å². The second kappa shape index (κ2) is 4.35. The van der Waals surface area contributed by atoms with Crippen LogP contribution in [0.15, 0.2) is 12.3 Å². The highest BCUT2D eigenvalue weighted by atomic mass is 16.5. The first kappa shape index (κ1) is 12.2. The lowest BCUT2D eigenvalue weighted by atomic mass is 9.85. The van der Waals surface area contributed by atoms with Crippen LogP contribution >= 0.6 is 0 Å². The normalized spacial score (nSPS) is 32.3. The van der Waals surface area contributed by atoms with E-state index in [2.05, 4.69) is 25.0 Å². The molecule has 0 bridgehead atoms. The summed E-state index contributed by atoms with van der Waals surface area (Å²) in [5.41, 5.74) is 7.49. The Morgan fingerprint density at radius 3 is 2.94 bits per heavy atom. The van der Waals surface area contributed by atoms with Crippen molar-refractivity contribution in [2.24, 2.45) is 11.7 Å². The molecule has 0 spiro atoms. The van der Waals surface area contributed by atoms with Crippen LogP contribution in [0.5, 0.6) is 0 Å². The summed E-state index contributed by atoms with van der Waals surface area (Å²) in [6.45, 7) is 5.09. The summed E-state index contributed by atoms with van der Waals surface area (Å²) in [5, 5.41) is 4.61. The molecule has 2 fully saturated rings. The summed E-state index contributed by atoms with van der Waals surface area (Å²) in [6, 6.07) is 2.50. The van der Waals surface area contributed by atoms with E-state index in [1.54, 1.807) is 0 Å². The Morgan fingerprint density at radius 1 is 1.56 bits per heavy atom. The van der Waals surface area contributed by atoms with Gasteiger partial charge >= 0.3 is 0 Å². The fourth-order valence-electron chi connectivity index (χ4n) is 2.97. The molecule has 2 atom stereocenters. The Hall–Kier alpha value is -0.870. The number of aromatic nitrogens is 2. The van der Waals surface area contributed by atoms with Gasteiger partial charge in [0.2, 0.25) is 0 Å². The molecular weight excluding hydrogens is 226 g/mol. The number of nitrogens with zero attached hydrogens (tertiary/aromatic N) is 2. The van der Waals surface area contributed by atoms with Crippen molar-refractivity contribution < 1.29 is 4.74 Å². The minimum absolute atomic E-state index is 0.197. The third kappa shape index (κ3) is 2.19. The predicted octanol–water partition coefficient (Wildman–Crippen LogP) is 1.90. The summed E-state index contributed by atoms with van der Waals surface area (Å²) in [6.07, 6.45) is 6.66. The third-order valence-corrected chi connectivity index (χ3v) is 4.18. The molecule has 1 aromatic heterocycles. The fraction of sp³-hybridized carbons (Fsp3) is 0.786. The molecule has 1 saturated heterocycles. The molecule has 1 saturated carbocycles. The summed E-state index contributed by atoms with van der Waals surface area (Å²) >= 11 is 0. The summed E-state index contributed by atoms with van der Waals surface area (Å²) < 4.78 is 7.86. The van der Waals surface area contributed by atoms with Crippen molar-refractivity contribution in [3.05, 3.63) is 18.0 Å². The molecule has 18 heavy (non-hydrogen) atoms. The van der Waals surface area contributed by atoms with E-state index in [0.29, 0.717) is 12.0 Å². The van der Waals surface area contributed by atoms with Gasteiger partial charge in [-0.25, -0.2) is 0 Å². The van der Waals surface area contributed by atoms with E-state index in [4.69, 9.17) is 10.5 Å². The van der Waals surface area contributed by atoms with Crippen molar-refractivity contribution >= 4 is 0 Å². The molecule has 4 nitrogen and oxygen atoms in total. The number of rotatable bonds is 4. The zero-order valence-electron chi connectivity index (χ0n) is 11.3. The molecule has 1 aliphatic heterocycles. The number of nitrogens with two attached hydrogens (primary N) is 1. The Balaban J connectivity index is 1.73. The average molecular weight is 249 g/mol. The first-order chi connectivity index (χ1) is 8.58. The largest absolute Gasteiger partial charge is 0.376 e. The number of hydrogen-bond donors (Lipinski definition) is 1. The van der Waals surface area contributed by atoms with E-state index >= 15 is 0 Å². The monoisotopic (exact) mass is 249 g/mol. The van der Waals surface area contributed by atoms with Crippen LogP contribution in [0.1, 0.15) is 44.8 Å². The molecule has 100 valence electrons. The summed E-state index contributed by atoms with van der Waals surface area (Å²) in [5.74, 6) is 0.699. The molecule has 2 unspecified atom stereocenters. The molecular formula is C14H23N3O. The van der Waals surface area contributed by atoms with Gasteiger partial charge in [-0.2, -0.15) is 5.10 Å². The zero-order valence-corrected chi connectivity index (χ0v) is 11.3. The van der Waals surface area contributed by atoms with E-state index in [-0.39, 0.29) is 11.6 Å². The third-order valence-electron chi connectivity index (χ3n) is 4.18. The minimum Gasteiger partial charge on any atom is -0.376 e. The van der Waals surface area contributed by atoms with Crippen molar-refractivity contribution in [2.45, 2.75) is 57.2 Å². The lowest BCUT2D eigenvalue weighted by Crippen LogP contribution is -2.50. The van der Waals surface area contributed by atoms with Gasteiger partial charge in [-0.15, -0.1) is 0 Å². The Morgan fingerprint density at radius 2 is 2.33 bits per heavy atom. The maximum Gasteiger partial charge on any atom is 0.0787 e. The predicted molar refractivity (Wildman–Crippen MR) is 70.3 cm³/mol. The maximum atomic E-state index is 6.59. The van der Waals surface area contributed by atoms with Gasteiger partial charge in [0.1, 0.15) is 0 Å². The molecule has 2 heterocycles. The fourth-order valence-corrected chi connectivity index (χ4v) is 2.97. The lowest BCUT2D eigenvalue weighted by Gasteiger charge is -2.29. The molecule has 4 heteroatoms. The van der Waals surface area contributed by atoms with E-state index in [9.17, 15) is 0 Å². The molecule has 3 rings (SSSR count). The number of ether oxygens (including phenoxy) is 1. The second-order valence-electron chi connectivity index (χ2n) is 6.17. The van der Waals surface area contributed by atoms with Crippen molar-refractivity contribution in [3.8, 4) is 0 Å². The zero-order chi connectivity index (χ0) is 12.8. The molecule has 0 radical (unpaired) electrons. The average Bonchev–Trinajstić information content (AvgIpc) is 2.92. The van der Waals surface area contributed by atoms with Gasteiger partial charge in [0, 0.05) is 25.3 Å². The van der Waals surface area contributed by atoms with Crippen LogP contribution in [0.3, 0.4) is 0 Å². The van der Waals surface area contributed by atoms with Crippen molar-refractivity contribution in [1.29, 1.82) is 0 Å². The topological polar surface area (TPSA) is 53.1 Å². The second-order valence-corrected chi connectivity index (χ2v) is 6.17. The van der Waals surface area contributed by atoms with Crippen LogP contribution in [-0.2, 0) is 11.2 Å². The number of hydrogen-bond acceptors (Lipinski definition) is 3. The van der Waals surface area contributed by atoms with Crippen LogP contribution in [0.25, 0.3) is 0 Å². The van der Waals surface area contributed by atoms with Gasteiger partial charge in [0.05, 0.1) is 17.3 Å². The highest BCUT2D eigenvalue weighted by molar-refractivity contribution is 5.12. The molecule has 1 aliphatic carbocycles. The highest BCUT2D eigenvalue weighted by Gasteiger charge is 2.48. The van der Waals surface area contributed by atoms with E-state index in [1.807, 2.05) is 10.9 Å². The molecule has 1 aromatic rings. The van der Waals surface area contributed by atoms with Crippen LogP contribution in [0.4, 0.5) is 0 Å². The standard InChI is InChI=1S/C14H23N3O/c1-10(2)17-7-5-12(16-17)9-14(15)6-8-18-13(14)11-3-4-11/h5,7,10-11,13H,3-4,6,8-9,15H2,1-2H3. The van der Waals surface area contributed by atoms with Gasteiger partial charge in [-0.1, -0.05) is 0 Å². The van der Waals surface area contributed by atoms with Crippen molar-refractivity contribution in [2.75, 3.05) is 6.61 Å². The van der Waals surface area contributed by atoms with Gasteiger partial charge in [0.25, 0.3) is 0 Å². The lowest BCUT2D eigenvalue weighted by molar-refractivity contribution is 0.0623. The van der Waals surface area contributed by atoms with E-state index in [1.165, 1.54) is 12.8 Å². The Labute approximate surface area is 108 Å². The first-order valence-corrected chi connectivity index (χ1v) is 7.03. The van der Waals surface area contributed by atoms with Gasteiger partial charge < -0.3 is 10.5 Å². The minimum atomic E-state index is -0.197. The Bertz CT molecular complexity index is 424. The van der Waals surface area contributed by atoms with Crippen molar-refractivity contribution in [1.82, 2.24) is 9.78 Å². The van der Waals surface area contributed by atoms with Crippen LogP contribution in [0.2, 0.25) is 0 Å². The van der Waals surface area contributed by atoms with Crippen molar-refractivity contribution in [3.63, 3.8) is 0 Å². The molecule has 2 aliphatic rings. The van der Waals surface area contributed by atoms with E-state index in [0.717, 1.165) is 25.1 Å². The first-order valence-electron chi connectivity index (χ1n) is 7.03. The molecule has 2 N–H and O–H groups in total. The van der Waals surface area contributed by atoms with Crippen LogP contribution in [0, 0.1) is 5.92 Å². The summed E-state index contributed by atoms with van der Waals surface area (Å²) in [7, 11) is 0. The highest BCUT2D eigenvalue weighted by Crippen LogP contribution is 2.43. The smallest absolute Gasteiger partial charge is 0.0787 e. The quantitative estimate of drug-likeness (QED) is 0.886. The van der Waals surface area contributed by atoms with Gasteiger partial charge in [-0.05, 0) is 45.1 Å². The van der Waals surface area contributed by atoms with E-state index < -0.39 is 0 Å². The summed E-state index contributed by atoms with van der Waals surface area (Å²) in [4.78, 5) is 0. The molecule has 0 aromatic carbocycles.